The van der Waals surface area contributed by atoms with E-state index in [4.69, 9.17) is 17.3 Å². The van der Waals surface area contributed by atoms with E-state index < -0.39 is 0 Å². The Bertz CT molecular complexity index is 439. The summed E-state index contributed by atoms with van der Waals surface area (Å²) >= 11 is 5.96. The van der Waals surface area contributed by atoms with Crippen LogP contribution in [-0.4, -0.2) is 30.4 Å². The van der Waals surface area contributed by atoms with Gasteiger partial charge >= 0.3 is 0 Å². The van der Waals surface area contributed by atoms with Gasteiger partial charge in [-0.25, -0.2) is 0 Å². The van der Waals surface area contributed by atoms with E-state index in [1.54, 1.807) is 0 Å². The predicted molar refractivity (Wildman–Crippen MR) is 80.9 cm³/mol. The summed E-state index contributed by atoms with van der Waals surface area (Å²) in [6.45, 7) is 4.21. The molecule has 0 saturated carbocycles. The van der Waals surface area contributed by atoms with E-state index >= 15 is 0 Å². The average Bonchev–Trinajstić information content (AvgIpc) is 2.85. The van der Waals surface area contributed by atoms with E-state index in [1.807, 2.05) is 36.1 Å². The molecule has 5 heteroatoms. The Morgan fingerprint density at radius 3 is 2.89 bits per heavy atom. The highest BCUT2D eigenvalue weighted by molar-refractivity contribution is 6.30. The van der Waals surface area contributed by atoms with Gasteiger partial charge in [0, 0.05) is 18.1 Å². The highest BCUT2D eigenvalue weighted by Gasteiger charge is 2.28. The molecule has 1 saturated heterocycles. The molecular formula is C14H20Cl2N2O. The molecule has 0 spiro atoms. The maximum absolute atomic E-state index is 12.4. The largest absolute Gasteiger partial charge is 0.342 e. The number of halogens is 2. The Hall–Kier alpha value is -0.770. The summed E-state index contributed by atoms with van der Waals surface area (Å²) in [5, 5.41) is 0.674. The quantitative estimate of drug-likeness (QED) is 0.933. The third-order valence-electron chi connectivity index (χ3n) is 3.65. The lowest BCUT2D eigenvalue weighted by atomic mass is 10.00. The second kappa shape index (κ2) is 7.13. The van der Waals surface area contributed by atoms with Gasteiger partial charge in [-0.15, -0.1) is 12.4 Å². The van der Waals surface area contributed by atoms with Gasteiger partial charge in [-0.3, -0.25) is 4.79 Å². The van der Waals surface area contributed by atoms with Crippen molar-refractivity contribution in [2.75, 3.05) is 19.6 Å². The second-order valence-corrected chi connectivity index (χ2v) is 5.39. The Labute approximate surface area is 125 Å². The van der Waals surface area contributed by atoms with Gasteiger partial charge in [-0.2, -0.15) is 0 Å². The van der Waals surface area contributed by atoms with Crippen LogP contribution in [0.5, 0.6) is 0 Å². The molecule has 1 fully saturated rings. The first-order chi connectivity index (χ1) is 8.61. The zero-order valence-electron chi connectivity index (χ0n) is 11.0. The van der Waals surface area contributed by atoms with Crippen molar-refractivity contribution in [3.63, 3.8) is 0 Å². The van der Waals surface area contributed by atoms with Gasteiger partial charge in [0.15, 0.2) is 0 Å². The first-order valence-corrected chi connectivity index (χ1v) is 6.74. The number of amides is 1. The summed E-state index contributed by atoms with van der Waals surface area (Å²) in [5.74, 6) is 0.494. The molecule has 1 amide bonds. The van der Waals surface area contributed by atoms with Crippen LogP contribution in [0.2, 0.25) is 5.02 Å². The third kappa shape index (κ3) is 3.85. The van der Waals surface area contributed by atoms with Gasteiger partial charge in [0.2, 0.25) is 5.91 Å². The standard InChI is InChI=1S/C14H19ClN2O.ClH/c1-10(12-3-2-4-13(15)7-12)14(18)17-6-5-11(8-16)9-17;/h2-4,7,10-11H,5-6,8-9,16H2,1H3;1H. The molecule has 1 aliphatic heterocycles. The van der Waals surface area contributed by atoms with Crippen LogP contribution in [0.4, 0.5) is 0 Å². The highest BCUT2D eigenvalue weighted by Crippen LogP contribution is 2.24. The van der Waals surface area contributed by atoms with Crippen LogP contribution in [-0.2, 0) is 4.79 Å². The van der Waals surface area contributed by atoms with Gasteiger partial charge < -0.3 is 10.6 Å². The van der Waals surface area contributed by atoms with Crippen molar-refractivity contribution >= 4 is 29.9 Å². The molecule has 0 bridgehead atoms. The Morgan fingerprint density at radius 2 is 2.32 bits per heavy atom. The SMILES string of the molecule is CC(C(=O)N1CCC(CN)C1)c1cccc(Cl)c1.Cl. The minimum atomic E-state index is -0.139. The summed E-state index contributed by atoms with van der Waals surface area (Å²) < 4.78 is 0. The van der Waals surface area contributed by atoms with Crippen molar-refractivity contribution in [2.24, 2.45) is 11.7 Å². The molecule has 1 aromatic rings. The molecule has 1 aliphatic rings. The number of likely N-dealkylation sites (tertiary alicyclic amines) is 1. The molecule has 19 heavy (non-hydrogen) atoms. The number of carbonyl (C=O) groups is 1. The van der Waals surface area contributed by atoms with Crippen molar-refractivity contribution in [1.29, 1.82) is 0 Å². The van der Waals surface area contributed by atoms with Crippen LogP contribution in [0.1, 0.15) is 24.8 Å². The molecular weight excluding hydrogens is 283 g/mol. The molecule has 2 N–H and O–H groups in total. The van der Waals surface area contributed by atoms with Crippen LogP contribution in [0, 0.1) is 5.92 Å². The van der Waals surface area contributed by atoms with E-state index in [9.17, 15) is 4.79 Å². The molecule has 2 rings (SSSR count). The van der Waals surface area contributed by atoms with Crippen molar-refractivity contribution in [3.05, 3.63) is 34.9 Å². The molecule has 3 nitrogen and oxygen atoms in total. The lowest BCUT2D eigenvalue weighted by molar-refractivity contribution is -0.131. The molecule has 0 radical (unpaired) electrons. The summed E-state index contributed by atoms with van der Waals surface area (Å²) in [7, 11) is 0. The van der Waals surface area contributed by atoms with E-state index in [2.05, 4.69) is 0 Å². The first-order valence-electron chi connectivity index (χ1n) is 6.36. The molecule has 1 heterocycles. The summed E-state index contributed by atoms with van der Waals surface area (Å²) in [6.07, 6.45) is 1.02. The molecule has 1 aromatic carbocycles. The highest BCUT2D eigenvalue weighted by atomic mass is 35.5. The molecule has 106 valence electrons. The van der Waals surface area contributed by atoms with E-state index in [0.717, 1.165) is 25.1 Å². The fourth-order valence-corrected chi connectivity index (χ4v) is 2.62. The Kier molecular flexibility index (Phi) is 6.11. The summed E-state index contributed by atoms with van der Waals surface area (Å²) in [6, 6.07) is 7.52. The lowest BCUT2D eigenvalue weighted by Crippen LogP contribution is -2.33. The number of carbonyl (C=O) groups excluding carboxylic acids is 1. The zero-order chi connectivity index (χ0) is 13.1. The molecule has 0 aromatic heterocycles. The van der Waals surface area contributed by atoms with Crippen LogP contribution in [0.15, 0.2) is 24.3 Å². The van der Waals surface area contributed by atoms with E-state index in [0.29, 0.717) is 17.5 Å². The molecule has 2 atom stereocenters. The number of benzene rings is 1. The fraction of sp³-hybridized carbons (Fsp3) is 0.500. The van der Waals surface area contributed by atoms with Gasteiger partial charge in [-0.05, 0) is 43.5 Å². The van der Waals surface area contributed by atoms with Crippen LogP contribution >= 0.6 is 24.0 Å². The maximum atomic E-state index is 12.4. The van der Waals surface area contributed by atoms with Gasteiger partial charge in [0.1, 0.15) is 0 Å². The number of hydrogen-bond donors (Lipinski definition) is 1. The first kappa shape index (κ1) is 16.3. The normalized spacial score (nSPS) is 19.9. The third-order valence-corrected chi connectivity index (χ3v) is 3.89. The predicted octanol–water partition coefficient (Wildman–Crippen LogP) is 2.67. The number of hydrogen-bond acceptors (Lipinski definition) is 2. The van der Waals surface area contributed by atoms with Crippen molar-refractivity contribution < 1.29 is 4.79 Å². The minimum Gasteiger partial charge on any atom is -0.342 e. The minimum absolute atomic E-state index is 0. The van der Waals surface area contributed by atoms with Crippen LogP contribution in [0.25, 0.3) is 0 Å². The smallest absolute Gasteiger partial charge is 0.229 e. The zero-order valence-corrected chi connectivity index (χ0v) is 12.6. The van der Waals surface area contributed by atoms with E-state index in [1.165, 1.54) is 0 Å². The molecule has 0 aliphatic carbocycles. The summed E-state index contributed by atoms with van der Waals surface area (Å²) in [4.78, 5) is 14.3. The van der Waals surface area contributed by atoms with Crippen molar-refractivity contribution in [1.82, 2.24) is 4.90 Å². The Morgan fingerprint density at radius 1 is 1.58 bits per heavy atom. The monoisotopic (exact) mass is 302 g/mol. The topological polar surface area (TPSA) is 46.3 Å². The van der Waals surface area contributed by atoms with Gasteiger partial charge in [0.25, 0.3) is 0 Å². The van der Waals surface area contributed by atoms with E-state index in [-0.39, 0.29) is 24.2 Å². The average molecular weight is 303 g/mol. The summed E-state index contributed by atoms with van der Waals surface area (Å²) in [5.41, 5.74) is 6.62. The number of nitrogens with two attached hydrogens (primary N) is 1. The van der Waals surface area contributed by atoms with Gasteiger partial charge in [0.05, 0.1) is 5.92 Å². The van der Waals surface area contributed by atoms with Gasteiger partial charge in [-0.1, -0.05) is 23.7 Å². The number of nitrogens with zero attached hydrogens (tertiary/aromatic N) is 1. The maximum Gasteiger partial charge on any atom is 0.229 e. The molecule has 2 unspecified atom stereocenters. The van der Waals surface area contributed by atoms with Crippen molar-refractivity contribution in [2.45, 2.75) is 19.3 Å². The Balaban J connectivity index is 0.00000180. The second-order valence-electron chi connectivity index (χ2n) is 4.95. The van der Waals surface area contributed by atoms with Crippen LogP contribution in [0.3, 0.4) is 0 Å². The van der Waals surface area contributed by atoms with Crippen LogP contribution < -0.4 is 5.73 Å². The lowest BCUT2D eigenvalue weighted by Gasteiger charge is -2.21. The van der Waals surface area contributed by atoms with Crippen molar-refractivity contribution in [3.8, 4) is 0 Å². The fourth-order valence-electron chi connectivity index (χ4n) is 2.42. The number of rotatable bonds is 3.